The van der Waals surface area contributed by atoms with Gasteiger partial charge in [-0.25, -0.2) is 14.0 Å². The molecule has 20 heavy (non-hydrogen) atoms. The van der Waals surface area contributed by atoms with Gasteiger partial charge in [0.1, 0.15) is 5.54 Å². The van der Waals surface area contributed by atoms with Crippen molar-refractivity contribution in [2.75, 3.05) is 5.32 Å². The van der Waals surface area contributed by atoms with Crippen molar-refractivity contribution in [3.8, 4) is 0 Å². The molecule has 110 valence electrons. The minimum Gasteiger partial charge on any atom is -0.480 e. The highest BCUT2D eigenvalue weighted by Crippen LogP contribution is 2.22. The molecule has 5 nitrogen and oxygen atoms in total. The topological polar surface area (TPSA) is 78.4 Å². The molecule has 0 radical (unpaired) electrons. The third-order valence-corrected chi connectivity index (χ3v) is 3.10. The molecule has 1 aromatic rings. The molecule has 0 aromatic heterocycles. The highest BCUT2D eigenvalue weighted by molar-refractivity contribution is 6.31. The normalized spacial score (nSPS) is 13.4. The number of hydrogen-bond acceptors (Lipinski definition) is 2. The fraction of sp³-hybridized carbons (Fsp3) is 0.385. The standard InChI is InChI=1S/C13H16ClFN2O3/c1-3-7-13(2,11(18)19)17-12(20)16-9-6-4-5-8(14)10(9)15/h4-6H,3,7H2,1-2H3,(H,18,19)(H2,16,17,20). The molecule has 1 aromatic carbocycles. The quantitative estimate of drug-likeness (QED) is 0.781. The van der Waals surface area contributed by atoms with Crippen LogP contribution in [0.25, 0.3) is 0 Å². The SMILES string of the molecule is CCCC(C)(NC(=O)Nc1cccc(Cl)c1F)C(=O)O. The van der Waals surface area contributed by atoms with Crippen molar-refractivity contribution >= 4 is 29.3 Å². The summed E-state index contributed by atoms with van der Waals surface area (Å²) in [6.07, 6.45) is 0.836. The Kier molecular flexibility index (Phi) is 5.33. The van der Waals surface area contributed by atoms with Gasteiger partial charge < -0.3 is 15.7 Å². The van der Waals surface area contributed by atoms with E-state index in [1.165, 1.54) is 25.1 Å². The number of rotatable bonds is 5. The second-order valence-electron chi connectivity index (χ2n) is 4.57. The van der Waals surface area contributed by atoms with E-state index < -0.39 is 23.4 Å². The van der Waals surface area contributed by atoms with Crippen molar-refractivity contribution in [3.05, 3.63) is 29.0 Å². The van der Waals surface area contributed by atoms with Crippen LogP contribution < -0.4 is 10.6 Å². The Bertz CT molecular complexity index is 524. The van der Waals surface area contributed by atoms with Crippen LogP contribution in [0, 0.1) is 5.82 Å². The number of carboxylic acid groups (broad SMARTS) is 1. The van der Waals surface area contributed by atoms with Gasteiger partial charge in [-0.05, 0) is 25.5 Å². The Morgan fingerprint density at radius 2 is 2.10 bits per heavy atom. The zero-order chi connectivity index (χ0) is 15.3. The van der Waals surface area contributed by atoms with Crippen LogP contribution in [0.2, 0.25) is 5.02 Å². The number of anilines is 1. The van der Waals surface area contributed by atoms with Gasteiger partial charge in [-0.3, -0.25) is 0 Å². The van der Waals surface area contributed by atoms with Crippen molar-refractivity contribution in [1.82, 2.24) is 5.32 Å². The Labute approximate surface area is 121 Å². The number of benzene rings is 1. The molecule has 0 aliphatic heterocycles. The first-order valence-corrected chi connectivity index (χ1v) is 6.44. The summed E-state index contributed by atoms with van der Waals surface area (Å²) in [5, 5.41) is 13.6. The summed E-state index contributed by atoms with van der Waals surface area (Å²) >= 11 is 5.59. The smallest absolute Gasteiger partial charge is 0.329 e. The zero-order valence-corrected chi connectivity index (χ0v) is 11.9. The third-order valence-electron chi connectivity index (χ3n) is 2.81. The zero-order valence-electron chi connectivity index (χ0n) is 11.2. The number of carbonyl (C=O) groups excluding carboxylic acids is 1. The van der Waals surface area contributed by atoms with Crippen LogP contribution >= 0.6 is 11.6 Å². The summed E-state index contributed by atoms with van der Waals surface area (Å²) in [5.41, 5.74) is -1.52. The molecule has 0 spiro atoms. The average molecular weight is 303 g/mol. The highest BCUT2D eigenvalue weighted by Gasteiger charge is 2.33. The van der Waals surface area contributed by atoms with Gasteiger partial charge in [0.25, 0.3) is 0 Å². The molecule has 0 saturated heterocycles. The van der Waals surface area contributed by atoms with Crippen LogP contribution in [0.5, 0.6) is 0 Å². The lowest BCUT2D eigenvalue weighted by atomic mass is 9.97. The van der Waals surface area contributed by atoms with Crippen LogP contribution in [0.3, 0.4) is 0 Å². The van der Waals surface area contributed by atoms with E-state index in [2.05, 4.69) is 10.6 Å². The molecule has 0 aliphatic rings. The van der Waals surface area contributed by atoms with E-state index in [4.69, 9.17) is 16.7 Å². The Hall–Kier alpha value is -1.82. The van der Waals surface area contributed by atoms with Crippen LogP contribution in [-0.2, 0) is 4.79 Å². The van der Waals surface area contributed by atoms with Gasteiger partial charge in [-0.15, -0.1) is 0 Å². The summed E-state index contributed by atoms with van der Waals surface area (Å²) in [6.45, 7) is 3.20. The molecular formula is C13H16ClFN2O3. The number of amides is 2. The van der Waals surface area contributed by atoms with E-state index in [0.717, 1.165) is 0 Å². The first-order chi connectivity index (χ1) is 9.30. The van der Waals surface area contributed by atoms with Gasteiger partial charge in [0.15, 0.2) is 5.82 Å². The number of urea groups is 1. The molecule has 0 aliphatic carbocycles. The maximum atomic E-state index is 13.6. The van der Waals surface area contributed by atoms with Crippen LogP contribution in [0.1, 0.15) is 26.7 Å². The van der Waals surface area contributed by atoms with Crippen molar-refractivity contribution in [3.63, 3.8) is 0 Å². The number of carboxylic acids is 1. The molecular weight excluding hydrogens is 287 g/mol. The number of hydrogen-bond donors (Lipinski definition) is 3. The number of aliphatic carboxylic acids is 1. The molecule has 2 amide bonds. The third kappa shape index (κ3) is 3.84. The average Bonchev–Trinajstić information content (AvgIpc) is 2.35. The van der Waals surface area contributed by atoms with Gasteiger partial charge in [0.2, 0.25) is 0 Å². The van der Waals surface area contributed by atoms with E-state index in [0.29, 0.717) is 6.42 Å². The van der Waals surface area contributed by atoms with Crippen molar-refractivity contribution < 1.29 is 19.1 Å². The Morgan fingerprint density at radius 3 is 2.65 bits per heavy atom. The summed E-state index contributed by atoms with van der Waals surface area (Å²) in [7, 11) is 0. The lowest BCUT2D eigenvalue weighted by Gasteiger charge is -2.25. The van der Waals surface area contributed by atoms with Crippen LogP contribution in [0.4, 0.5) is 14.9 Å². The largest absolute Gasteiger partial charge is 0.480 e. The Balaban J connectivity index is 2.81. The summed E-state index contributed by atoms with van der Waals surface area (Å²) in [6, 6.07) is 3.35. The van der Waals surface area contributed by atoms with E-state index in [1.807, 2.05) is 0 Å². The summed E-state index contributed by atoms with van der Waals surface area (Å²) in [4.78, 5) is 23.0. The molecule has 1 atom stereocenters. The van der Waals surface area contributed by atoms with Gasteiger partial charge in [-0.2, -0.15) is 0 Å². The number of carbonyl (C=O) groups is 2. The predicted octanol–water partition coefficient (Wildman–Crippen LogP) is 3.24. The van der Waals surface area contributed by atoms with Crippen molar-refractivity contribution in [2.24, 2.45) is 0 Å². The molecule has 0 heterocycles. The van der Waals surface area contributed by atoms with E-state index >= 15 is 0 Å². The second-order valence-corrected chi connectivity index (χ2v) is 4.97. The van der Waals surface area contributed by atoms with Gasteiger partial charge in [-0.1, -0.05) is 31.0 Å². The lowest BCUT2D eigenvalue weighted by Crippen LogP contribution is -2.53. The van der Waals surface area contributed by atoms with Crippen LogP contribution in [-0.4, -0.2) is 22.6 Å². The monoisotopic (exact) mass is 302 g/mol. The predicted molar refractivity (Wildman–Crippen MR) is 74.5 cm³/mol. The fourth-order valence-corrected chi connectivity index (χ4v) is 1.90. The van der Waals surface area contributed by atoms with Gasteiger partial charge in [0.05, 0.1) is 10.7 Å². The van der Waals surface area contributed by atoms with Crippen LogP contribution in [0.15, 0.2) is 18.2 Å². The van der Waals surface area contributed by atoms with E-state index in [9.17, 15) is 14.0 Å². The minimum absolute atomic E-state index is 0.112. The molecule has 0 bridgehead atoms. The Morgan fingerprint density at radius 1 is 1.45 bits per heavy atom. The van der Waals surface area contributed by atoms with Crippen molar-refractivity contribution in [2.45, 2.75) is 32.2 Å². The second kappa shape index (κ2) is 6.56. The molecule has 0 fully saturated rings. The summed E-state index contributed by atoms with van der Waals surface area (Å²) < 4.78 is 13.6. The molecule has 1 rings (SSSR count). The molecule has 0 saturated carbocycles. The maximum Gasteiger partial charge on any atom is 0.329 e. The van der Waals surface area contributed by atoms with E-state index in [1.54, 1.807) is 6.92 Å². The highest BCUT2D eigenvalue weighted by atomic mass is 35.5. The molecule has 3 N–H and O–H groups in total. The minimum atomic E-state index is -1.41. The summed E-state index contributed by atoms with van der Waals surface area (Å²) in [5.74, 6) is -1.92. The number of halogens is 2. The van der Waals surface area contributed by atoms with Gasteiger partial charge in [0, 0.05) is 0 Å². The number of nitrogens with one attached hydrogen (secondary N) is 2. The van der Waals surface area contributed by atoms with Crippen molar-refractivity contribution in [1.29, 1.82) is 0 Å². The first kappa shape index (κ1) is 16.2. The van der Waals surface area contributed by atoms with E-state index in [-0.39, 0.29) is 17.1 Å². The van der Waals surface area contributed by atoms with Gasteiger partial charge >= 0.3 is 12.0 Å². The molecule has 1 unspecified atom stereocenters. The maximum absolute atomic E-state index is 13.6. The fourth-order valence-electron chi connectivity index (χ4n) is 1.73. The first-order valence-electron chi connectivity index (χ1n) is 6.06. The lowest BCUT2D eigenvalue weighted by molar-refractivity contribution is -0.143. The molecule has 7 heteroatoms.